The van der Waals surface area contributed by atoms with Crippen LogP contribution in [0.15, 0.2) is 41.5 Å². The molecule has 28 heavy (non-hydrogen) atoms. The van der Waals surface area contributed by atoms with Crippen LogP contribution in [-0.4, -0.2) is 37.2 Å². The molecule has 148 valence electrons. The molecule has 1 amide bonds. The van der Waals surface area contributed by atoms with Gasteiger partial charge in [-0.2, -0.15) is 5.10 Å². The molecule has 0 radical (unpaired) electrons. The summed E-state index contributed by atoms with van der Waals surface area (Å²) in [6.07, 6.45) is 6.63. The first-order chi connectivity index (χ1) is 13.5. The molecule has 3 aromatic rings. The lowest BCUT2D eigenvalue weighted by atomic mass is 10.1. The zero-order valence-electron chi connectivity index (χ0n) is 16.2. The van der Waals surface area contributed by atoms with Gasteiger partial charge in [0, 0.05) is 45.4 Å². The zero-order valence-corrected chi connectivity index (χ0v) is 17.0. The van der Waals surface area contributed by atoms with Gasteiger partial charge in [-0.1, -0.05) is 18.6 Å². The molecule has 1 N–H and O–H groups in total. The second-order valence-electron chi connectivity index (χ2n) is 7.02. The van der Waals surface area contributed by atoms with E-state index in [-0.39, 0.29) is 11.5 Å². The molecule has 8 heteroatoms. The second kappa shape index (κ2) is 8.97. The summed E-state index contributed by atoms with van der Waals surface area (Å²) in [5.74, 6) is 0.115. The molecule has 0 aliphatic rings. The van der Waals surface area contributed by atoms with Crippen LogP contribution in [0.25, 0.3) is 10.9 Å². The first-order valence-corrected chi connectivity index (χ1v) is 9.80. The van der Waals surface area contributed by atoms with Crippen LogP contribution in [0.3, 0.4) is 0 Å². The summed E-state index contributed by atoms with van der Waals surface area (Å²) in [6, 6.07) is 7.37. The standard InChI is InChI=1S/C20H25N5O2S/c1-23(13-15-12-21-24(2)14-15)18(26)10-4-3-7-11-25-19(27)16-8-5-6-9-17(16)22-20(25)28/h5-6,8-9,12,14H,3-4,7,10-11,13H2,1-2H3,(H,22,28). The number of unbranched alkanes of at least 4 members (excludes halogenated alkanes) is 2. The van der Waals surface area contributed by atoms with E-state index in [0.717, 1.165) is 30.3 Å². The largest absolute Gasteiger partial charge is 0.341 e. The fraction of sp³-hybridized carbons (Fsp3) is 0.400. The normalized spacial score (nSPS) is 11.1. The van der Waals surface area contributed by atoms with E-state index in [9.17, 15) is 9.59 Å². The van der Waals surface area contributed by atoms with E-state index in [4.69, 9.17) is 12.2 Å². The fourth-order valence-electron chi connectivity index (χ4n) is 3.23. The average Bonchev–Trinajstić information content (AvgIpc) is 3.08. The second-order valence-corrected chi connectivity index (χ2v) is 7.40. The van der Waals surface area contributed by atoms with Crippen LogP contribution in [0.1, 0.15) is 31.2 Å². The topological polar surface area (TPSA) is 75.9 Å². The number of benzene rings is 1. The number of nitrogens with one attached hydrogen (secondary N) is 1. The number of aryl methyl sites for hydroxylation is 1. The van der Waals surface area contributed by atoms with Crippen molar-refractivity contribution in [1.29, 1.82) is 0 Å². The van der Waals surface area contributed by atoms with Crippen LogP contribution in [0.2, 0.25) is 0 Å². The molecule has 0 saturated carbocycles. The predicted molar refractivity (Wildman–Crippen MR) is 112 cm³/mol. The highest BCUT2D eigenvalue weighted by Crippen LogP contribution is 2.09. The minimum Gasteiger partial charge on any atom is -0.341 e. The van der Waals surface area contributed by atoms with Gasteiger partial charge in [-0.3, -0.25) is 18.8 Å². The molecule has 0 fully saturated rings. The molecule has 0 bridgehead atoms. The average molecular weight is 400 g/mol. The molecule has 0 aliphatic heterocycles. The van der Waals surface area contributed by atoms with E-state index in [1.54, 1.807) is 26.4 Å². The van der Waals surface area contributed by atoms with Crippen molar-refractivity contribution in [1.82, 2.24) is 24.2 Å². The van der Waals surface area contributed by atoms with Crippen molar-refractivity contribution in [3.8, 4) is 0 Å². The number of carbonyl (C=O) groups excluding carboxylic acids is 1. The highest BCUT2D eigenvalue weighted by molar-refractivity contribution is 7.71. The highest BCUT2D eigenvalue weighted by Gasteiger charge is 2.10. The smallest absolute Gasteiger partial charge is 0.262 e. The predicted octanol–water partition coefficient (Wildman–Crippen LogP) is 3.01. The van der Waals surface area contributed by atoms with Crippen molar-refractivity contribution in [3.05, 3.63) is 57.3 Å². The molecule has 0 unspecified atom stereocenters. The molecule has 7 nitrogen and oxygen atoms in total. The third kappa shape index (κ3) is 4.75. The van der Waals surface area contributed by atoms with Gasteiger partial charge in [0.15, 0.2) is 4.77 Å². The van der Waals surface area contributed by atoms with E-state index in [1.807, 2.05) is 38.5 Å². The van der Waals surface area contributed by atoms with Gasteiger partial charge in [-0.25, -0.2) is 0 Å². The van der Waals surface area contributed by atoms with E-state index in [0.29, 0.717) is 29.7 Å². The number of hydrogen-bond acceptors (Lipinski definition) is 4. The number of carbonyl (C=O) groups is 1. The summed E-state index contributed by atoms with van der Waals surface area (Å²) in [5, 5.41) is 4.76. The van der Waals surface area contributed by atoms with Crippen LogP contribution in [-0.2, 0) is 24.9 Å². The van der Waals surface area contributed by atoms with E-state index in [2.05, 4.69) is 10.1 Å². The van der Waals surface area contributed by atoms with Crippen LogP contribution in [0, 0.1) is 4.77 Å². The number of aromatic nitrogens is 4. The summed E-state index contributed by atoms with van der Waals surface area (Å²) in [4.78, 5) is 29.7. The Kier molecular flexibility index (Phi) is 6.41. The Morgan fingerprint density at radius 2 is 2.04 bits per heavy atom. The Bertz CT molecular complexity index is 1080. The quantitative estimate of drug-likeness (QED) is 0.467. The molecule has 0 saturated heterocycles. The number of hydrogen-bond donors (Lipinski definition) is 1. The first-order valence-electron chi connectivity index (χ1n) is 9.39. The monoisotopic (exact) mass is 399 g/mol. The molecular weight excluding hydrogens is 374 g/mol. The van der Waals surface area contributed by atoms with E-state index in [1.165, 1.54) is 0 Å². The summed E-state index contributed by atoms with van der Waals surface area (Å²) < 4.78 is 3.78. The Balaban J connectivity index is 1.47. The summed E-state index contributed by atoms with van der Waals surface area (Å²) in [5.41, 5.74) is 1.71. The van der Waals surface area contributed by atoms with Crippen molar-refractivity contribution >= 4 is 29.0 Å². The summed E-state index contributed by atoms with van der Waals surface area (Å²) in [6.45, 7) is 1.12. The molecule has 3 rings (SSSR count). The van der Waals surface area contributed by atoms with Gasteiger partial charge in [-0.05, 0) is 37.2 Å². The molecule has 0 aliphatic carbocycles. The fourth-order valence-corrected chi connectivity index (χ4v) is 3.52. The molecule has 2 heterocycles. The number of amides is 1. The maximum Gasteiger partial charge on any atom is 0.262 e. The lowest BCUT2D eigenvalue weighted by Crippen LogP contribution is -2.25. The van der Waals surface area contributed by atoms with Gasteiger partial charge in [0.2, 0.25) is 5.91 Å². The number of rotatable bonds is 8. The Hall–Kier alpha value is -2.74. The van der Waals surface area contributed by atoms with Crippen LogP contribution in [0.5, 0.6) is 0 Å². The van der Waals surface area contributed by atoms with Crippen molar-refractivity contribution < 1.29 is 4.79 Å². The van der Waals surface area contributed by atoms with Crippen molar-refractivity contribution in [3.63, 3.8) is 0 Å². The van der Waals surface area contributed by atoms with Crippen LogP contribution >= 0.6 is 12.2 Å². The number of fused-ring (bicyclic) bond motifs is 1. The van der Waals surface area contributed by atoms with Crippen molar-refractivity contribution in [2.75, 3.05) is 7.05 Å². The van der Waals surface area contributed by atoms with Crippen LogP contribution in [0.4, 0.5) is 0 Å². The Morgan fingerprint density at radius 3 is 2.79 bits per heavy atom. The first kappa shape index (κ1) is 20.0. The maximum absolute atomic E-state index is 12.6. The van der Waals surface area contributed by atoms with Gasteiger partial charge in [0.05, 0.1) is 17.1 Å². The lowest BCUT2D eigenvalue weighted by Gasteiger charge is -2.16. The minimum atomic E-state index is -0.0633. The lowest BCUT2D eigenvalue weighted by molar-refractivity contribution is -0.130. The van der Waals surface area contributed by atoms with E-state index < -0.39 is 0 Å². The van der Waals surface area contributed by atoms with Gasteiger partial charge < -0.3 is 9.88 Å². The zero-order chi connectivity index (χ0) is 20.1. The minimum absolute atomic E-state index is 0.0633. The molecule has 2 aromatic heterocycles. The number of H-pyrrole nitrogens is 1. The molecule has 1 aromatic carbocycles. The third-order valence-corrected chi connectivity index (χ3v) is 5.09. The Morgan fingerprint density at radius 1 is 1.25 bits per heavy atom. The highest BCUT2D eigenvalue weighted by atomic mass is 32.1. The number of para-hydroxylation sites is 1. The third-order valence-electron chi connectivity index (χ3n) is 4.77. The number of nitrogens with zero attached hydrogens (tertiary/aromatic N) is 4. The van der Waals surface area contributed by atoms with E-state index >= 15 is 0 Å². The molecular formula is C20H25N5O2S. The van der Waals surface area contributed by atoms with Crippen LogP contribution < -0.4 is 5.56 Å². The van der Waals surface area contributed by atoms with Gasteiger partial charge in [0.25, 0.3) is 5.56 Å². The van der Waals surface area contributed by atoms with Gasteiger partial charge in [-0.15, -0.1) is 0 Å². The SMILES string of the molecule is CN(Cc1cnn(C)c1)C(=O)CCCCCn1c(=S)[nH]c2ccccc2c1=O. The van der Waals surface area contributed by atoms with Crippen molar-refractivity contribution in [2.24, 2.45) is 7.05 Å². The van der Waals surface area contributed by atoms with Gasteiger partial charge in [0.1, 0.15) is 0 Å². The summed E-state index contributed by atoms with van der Waals surface area (Å²) >= 11 is 5.32. The molecule has 0 atom stereocenters. The maximum atomic E-state index is 12.6. The Labute approximate surface area is 168 Å². The number of aromatic amines is 1. The molecule has 0 spiro atoms. The van der Waals surface area contributed by atoms with Crippen molar-refractivity contribution in [2.45, 2.75) is 38.8 Å². The van der Waals surface area contributed by atoms with Gasteiger partial charge >= 0.3 is 0 Å². The summed E-state index contributed by atoms with van der Waals surface area (Å²) in [7, 11) is 3.67.